The van der Waals surface area contributed by atoms with Crippen LogP contribution in [0.2, 0.25) is 5.02 Å². The van der Waals surface area contributed by atoms with E-state index in [1.54, 1.807) is 20.0 Å². The Morgan fingerprint density at radius 3 is 2.65 bits per heavy atom. The molecule has 5 rings (SSSR count). The van der Waals surface area contributed by atoms with Gasteiger partial charge in [0.1, 0.15) is 29.3 Å². The van der Waals surface area contributed by atoms with Crippen molar-refractivity contribution in [3.63, 3.8) is 0 Å². The maximum Gasteiger partial charge on any atom is 0.433 e. The van der Waals surface area contributed by atoms with Crippen molar-refractivity contribution in [2.75, 3.05) is 24.6 Å². The van der Waals surface area contributed by atoms with Crippen LogP contribution in [-0.4, -0.2) is 39.2 Å². The number of aryl methyl sites for hydroxylation is 1. The summed E-state index contributed by atoms with van der Waals surface area (Å²) in [6, 6.07) is 8.14. The topological polar surface area (TPSA) is 73.1 Å². The van der Waals surface area contributed by atoms with Gasteiger partial charge >= 0.3 is 6.18 Å². The van der Waals surface area contributed by atoms with E-state index >= 15 is 0 Å². The smallest absolute Gasteiger partial charge is 0.370 e. The molecule has 37 heavy (non-hydrogen) atoms. The predicted molar refractivity (Wildman–Crippen MR) is 130 cm³/mol. The zero-order valence-electron chi connectivity index (χ0n) is 19.7. The molecule has 4 aromatic rings. The fraction of sp³-hybridized carbons (Fsp3) is 0.280. The molecule has 0 spiro atoms. The van der Waals surface area contributed by atoms with Gasteiger partial charge in [-0.05, 0) is 42.8 Å². The van der Waals surface area contributed by atoms with Gasteiger partial charge in [0.05, 0.1) is 23.2 Å². The number of nitrogens with zero attached hydrogens (tertiary/aromatic N) is 5. The molecule has 7 nitrogen and oxygen atoms in total. The van der Waals surface area contributed by atoms with Crippen LogP contribution in [0.4, 0.5) is 23.4 Å². The molecule has 12 heteroatoms. The van der Waals surface area contributed by atoms with E-state index in [9.17, 15) is 22.4 Å². The number of rotatable bonds is 3. The summed E-state index contributed by atoms with van der Waals surface area (Å²) >= 11 is 5.93. The molecule has 0 radical (unpaired) electrons. The number of hydrogen-bond donors (Lipinski definition) is 0. The van der Waals surface area contributed by atoms with Crippen LogP contribution < -0.4 is 10.5 Å². The highest BCUT2D eigenvalue weighted by atomic mass is 35.5. The predicted octanol–water partition coefficient (Wildman–Crippen LogP) is 5.09. The Balaban J connectivity index is 1.62. The van der Waals surface area contributed by atoms with E-state index in [1.165, 1.54) is 22.8 Å². The fourth-order valence-electron chi connectivity index (χ4n) is 4.28. The number of anilines is 1. The van der Waals surface area contributed by atoms with Gasteiger partial charge in [0.2, 0.25) is 0 Å². The maximum absolute atomic E-state index is 15.0. The second-order valence-corrected chi connectivity index (χ2v) is 9.08. The third-order valence-corrected chi connectivity index (χ3v) is 6.53. The number of morpholine rings is 1. The Kier molecular flexibility index (Phi) is 6.36. The molecule has 0 aliphatic carbocycles. The van der Waals surface area contributed by atoms with Gasteiger partial charge in [-0.1, -0.05) is 11.6 Å². The standard InChI is InChI=1S/C25H20ClF4N5O2/c1-13-32-18-11-21(33-23(22(18)24(36)34(13)2)16-4-3-15(26)10-17(16)27)35-7-8-37-19(12-35)14-5-6-31-20(9-14)25(28,29)30/h3-6,9-11,19H,7-8,12H2,1-2H3. The van der Waals surface area contributed by atoms with E-state index in [1.807, 2.05) is 4.90 Å². The van der Waals surface area contributed by atoms with Crippen LogP contribution >= 0.6 is 11.6 Å². The number of benzene rings is 1. The molecule has 0 N–H and O–H groups in total. The summed E-state index contributed by atoms with van der Waals surface area (Å²) < 4.78 is 61.7. The lowest BCUT2D eigenvalue weighted by Crippen LogP contribution is -2.39. The van der Waals surface area contributed by atoms with Crippen LogP contribution in [0.3, 0.4) is 0 Å². The Labute approximate surface area is 213 Å². The van der Waals surface area contributed by atoms with Crippen molar-refractivity contribution in [1.29, 1.82) is 0 Å². The van der Waals surface area contributed by atoms with Crippen molar-refractivity contribution in [2.24, 2.45) is 7.05 Å². The van der Waals surface area contributed by atoms with Gasteiger partial charge in [-0.2, -0.15) is 13.2 Å². The van der Waals surface area contributed by atoms with Crippen molar-refractivity contribution in [3.8, 4) is 11.3 Å². The SMILES string of the molecule is Cc1nc2cc(N3CCOC(c4ccnc(C(F)(F)F)c4)C3)nc(-c3ccc(Cl)cc3F)c2c(=O)n1C. The highest BCUT2D eigenvalue weighted by Gasteiger charge is 2.34. The number of halogens is 5. The molecule has 1 aliphatic heterocycles. The average molecular weight is 534 g/mol. The molecule has 0 amide bonds. The number of aromatic nitrogens is 4. The lowest BCUT2D eigenvalue weighted by atomic mass is 10.1. The summed E-state index contributed by atoms with van der Waals surface area (Å²) in [6.07, 6.45) is -4.18. The first-order valence-corrected chi connectivity index (χ1v) is 11.6. The number of fused-ring (bicyclic) bond motifs is 1. The first-order valence-electron chi connectivity index (χ1n) is 11.3. The molecule has 1 fully saturated rings. The van der Waals surface area contributed by atoms with Gasteiger partial charge in [-0.15, -0.1) is 0 Å². The molecule has 0 bridgehead atoms. The van der Waals surface area contributed by atoms with Gasteiger partial charge in [-0.3, -0.25) is 14.3 Å². The third-order valence-electron chi connectivity index (χ3n) is 6.29. The zero-order chi connectivity index (χ0) is 26.5. The molecule has 1 aliphatic rings. The van der Waals surface area contributed by atoms with Crippen molar-refractivity contribution >= 4 is 28.3 Å². The summed E-state index contributed by atoms with van der Waals surface area (Å²) in [6.45, 7) is 2.43. The van der Waals surface area contributed by atoms with Crippen LogP contribution in [-0.2, 0) is 18.0 Å². The Morgan fingerprint density at radius 1 is 1.14 bits per heavy atom. The number of alkyl halides is 3. The largest absolute Gasteiger partial charge is 0.433 e. The quantitative estimate of drug-likeness (QED) is 0.342. The van der Waals surface area contributed by atoms with E-state index in [-0.39, 0.29) is 40.4 Å². The molecule has 4 heterocycles. The average Bonchev–Trinajstić information content (AvgIpc) is 2.86. The van der Waals surface area contributed by atoms with E-state index in [0.29, 0.717) is 29.3 Å². The molecule has 3 aromatic heterocycles. The lowest BCUT2D eigenvalue weighted by Gasteiger charge is -2.34. The van der Waals surface area contributed by atoms with Crippen LogP contribution in [0.1, 0.15) is 23.2 Å². The Bertz CT molecular complexity index is 1570. The van der Waals surface area contributed by atoms with Gasteiger partial charge < -0.3 is 9.64 Å². The van der Waals surface area contributed by atoms with E-state index in [0.717, 1.165) is 18.3 Å². The summed E-state index contributed by atoms with van der Waals surface area (Å²) in [5.74, 6) is 0.182. The molecular formula is C25H20ClF4N5O2. The highest BCUT2D eigenvalue weighted by molar-refractivity contribution is 6.30. The number of ether oxygens (including phenoxy) is 1. The molecule has 0 saturated carbocycles. The minimum Gasteiger partial charge on any atom is -0.370 e. The fourth-order valence-corrected chi connectivity index (χ4v) is 4.44. The first kappa shape index (κ1) is 25.1. The number of pyridine rings is 2. The number of hydrogen-bond acceptors (Lipinski definition) is 6. The molecule has 1 aromatic carbocycles. The first-order chi connectivity index (χ1) is 17.5. The summed E-state index contributed by atoms with van der Waals surface area (Å²) in [4.78, 5) is 27.6. The molecule has 1 unspecified atom stereocenters. The van der Waals surface area contributed by atoms with Crippen LogP contribution in [0.15, 0.2) is 47.4 Å². The van der Waals surface area contributed by atoms with Crippen molar-refractivity contribution in [2.45, 2.75) is 19.2 Å². The Hall–Kier alpha value is -3.57. The van der Waals surface area contributed by atoms with Gasteiger partial charge in [0, 0.05) is 43.0 Å². The van der Waals surface area contributed by atoms with Crippen molar-refractivity contribution in [3.05, 3.63) is 80.9 Å². The van der Waals surface area contributed by atoms with Gasteiger partial charge in [0.25, 0.3) is 5.56 Å². The van der Waals surface area contributed by atoms with Crippen molar-refractivity contribution in [1.82, 2.24) is 19.5 Å². The van der Waals surface area contributed by atoms with E-state index in [2.05, 4.69) is 15.0 Å². The molecule has 1 saturated heterocycles. The van der Waals surface area contributed by atoms with Gasteiger partial charge in [0.15, 0.2) is 0 Å². The van der Waals surface area contributed by atoms with Crippen molar-refractivity contribution < 1.29 is 22.3 Å². The van der Waals surface area contributed by atoms with Crippen LogP contribution in [0.5, 0.6) is 0 Å². The van der Waals surface area contributed by atoms with Crippen LogP contribution in [0, 0.1) is 12.7 Å². The molecular weight excluding hydrogens is 514 g/mol. The molecule has 192 valence electrons. The van der Waals surface area contributed by atoms with Crippen LogP contribution in [0.25, 0.3) is 22.2 Å². The van der Waals surface area contributed by atoms with E-state index < -0.39 is 23.8 Å². The zero-order valence-corrected chi connectivity index (χ0v) is 20.4. The van der Waals surface area contributed by atoms with E-state index in [4.69, 9.17) is 16.3 Å². The highest BCUT2D eigenvalue weighted by Crippen LogP contribution is 2.34. The Morgan fingerprint density at radius 2 is 1.92 bits per heavy atom. The summed E-state index contributed by atoms with van der Waals surface area (Å²) in [5.41, 5.74) is -0.581. The second-order valence-electron chi connectivity index (χ2n) is 8.65. The minimum absolute atomic E-state index is 0.0766. The summed E-state index contributed by atoms with van der Waals surface area (Å²) in [5, 5.41) is 0.335. The lowest BCUT2D eigenvalue weighted by molar-refractivity contribution is -0.141. The normalized spacial score (nSPS) is 16.4. The van der Waals surface area contributed by atoms with Gasteiger partial charge in [-0.25, -0.2) is 14.4 Å². The minimum atomic E-state index is -4.59. The maximum atomic E-state index is 15.0. The third kappa shape index (κ3) is 4.76. The monoisotopic (exact) mass is 533 g/mol. The second kappa shape index (κ2) is 9.38. The summed E-state index contributed by atoms with van der Waals surface area (Å²) in [7, 11) is 1.57. The molecule has 1 atom stereocenters.